The zero-order valence-electron chi connectivity index (χ0n) is 32.4. The Kier molecular flexibility index (Phi) is 10.2. The van der Waals surface area contributed by atoms with Crippen molar-refractivity contribution >= 4 is 66.1 Å². The van der Waals surface area contributed by atoms with Gasteiger partial charge in [-0.15, -0.1) is 11.3 Å². The monoisotopic (exact) mass is 836 g/mol. The van der Waals surface area contributed by atoms with Crippen LogP contribution in [0.4, 0.5) is 0 Å². The Bertz CT molecular complexity index is 2590. The van der Waals surface area contributed by atoms with Gasteiger partial charge in [-0.25, -0.2) is 18.4 Å². The molecule has 9 rings (SSSR count). The van der Waals surface area contributed by atoms with Crippen LogP contribution in [0.3, 0.4) is 0 Å². The van der Waals surface area contributed by atoms with Gasteiger partial charge in [0.05, 0.1) is 27.7 Å². The summed E-state index contributed by atoms with van der Waals surface area (Å²) in [4.78, 5) is 68.8. The van der Waals surface area contributed by atoms with E-state index in [4.69, 9.17) is 14.7 Å². The van der Waals surface area contributed by atoms with Gasteiger partial charge in [-0.05, 0) is 74.2 Å². The third kappa shape index (κ3) is 7.92. The Morgan fingerprint density at radius 3 is 2.53 bits per heavy atom. The van der Waals surface area contributed by atoms with E-state index in [9.17, 15) is 27.6 Å². The number of benzene rings is 2. The van der Waals surface area contributed by atoms with Crippen LogP contribution in [-0.2, 0) is 31.5 Å². The van der Waals surface area contributed by atoms with Gasteiger partial charge < -0.3 is 20.3 Å². The zero-order chi connectivity index (χ0) is 40.9. The Morgan fingerprint density at radius 1 is 0.983 bits per heavy atom. The summed E-state index contributed by atoms with van der Waals surface area (Å²) in [5, 5.41) is 10.4. The van der Waals surface area contributed by atoms with E-state index in [1.165, 1.54) is 9.58 Å². The number of para-hydroxylation sites is 2. The molecule has 2 aliphatic heterocycles. The van der Waals surface area contributed by atoms with E-state index in [1.54, 1.807) is 30.6 Å². The number of aryl methyl sites for hydroxylation is 1. The van der Waals surface area contributed by atoms with Crippen LogP contribution in [0.25, 0.3) is 31.7 Å². The lowest BCUT2D eigenvalue weighted by molar-refractivity contribution is -0.141. The molecule has 0 spiro atoms. The highest BCUT2D eigenvalue weighted by molar-refractivity contribution is 7.91. The van der Waals surface area contributed by atoms with Gasteiger partial charge in [-0.1, -0.05) is 55.3 Å². The van der Waals surface area contributed by atoms with Crippen LogP contribution in [0.2, 0.25) is 0 Å². The van der Waals surface area contributed by atoms with Gasteiger partial charge in [-0.3, -0.25) is 28.6 Å². The van der Waals surface area contributed by atoms with E-state index < -0.39 is 68.5 Å². The van der Waals surface area contributed by atoms with Crippen LogP contribution in [0.15, 0.2) is 79.0 Å². The van der Waals surface area contributed by atoms with Crippen molar-refractivity contribution in [3.63, 3.8) is 0 Å². The van der Waals surface area contributed by atoms with Crippen molar-refractivity contribution in [2.24, 2.45) is 13.0 Å². The number of carbonyl (C=O) groups is 4. The minimum Gasteiger partial charge on any atom is -0.471 e. The predicted molar refractivity (Wildman–Crippen MR) is 221 cm³/mol. The lowest BCUT2D eigenvalue weighted by Crippen LogP contribution is -2.58. The molecule has 3 fully saturated rings. The van der Waals surface area contributed by atoms with Crippen LogP contribution in [-0.4, -0.2) is 92.2 Å². The number of allylic oxidation sites excluding steroid dienone is 1. The van der Waals surface area contributed by atoms with Crippen molar-refractivity contribution < 1.29 is 32.3 Å². The maximum Gasteiger partial charge on any atom is 0.272 e. The highest BCUT2D eigenvalue weighted by atomic mass is 32.2. The van der Waals surface area contributed by atoms with E-state index in [0.717, 1.165) is 27.8 Å². The van der Waals surface area contributed by atoms with E-state index in [1.807, 2.05) is 66.7 Å². The van der Waals surface area contributed by atoms with E-state index in [-0.39, 0.29) is 31.0 Å². The average Bonchev–Trinajstić information content (AvgIpc) is 4.04. The molecule has 5 aromatic rings. The molecule has 15 nitrogen and oxygen atoms in total. The van der Waals surface area contributed by atoms with Gasteiger partial charge in [0, 0.05) is 30.3 Å². The second kappa shape index (κ2) is 15.5. The van der Waals surface area contributed by atoms with Crippen LogP contribution in [0.1, 0.15) is 68.3 Å². The van der Waals surface area contributed by atoms with Crippen molar-refractivity contribution in [1.82, 2.24) is 40.0 Å². The Hall–Kier alpha value is -5.68. The molecule has 59 heavy (non-hydrogen) atoms. The van der Waals surface area contributed by atoms with Crippen molar-refractivity contribution in [3.8, 4) is 16.5 Å². The van der Waals surface area contributed by atoms with Gasteiger partial charge in [0.15, 0.2) is 0 Å². The third-order valence-electron chi connectivity index (χ3n) is 11.6. The number of fused-ring (bicyclic) bond motifs is 4. The maximum absolute atomic E-state index is 14.8. The Balaban J connectivity index is 1.06. The molecular formula is C42H44N8O7S2. The van der Waals surface area contributed by atoms with Crippen LogP contribution >= 0.6 is 11.3 Å². The molecule has 2 aromatic carbocycles. The fourth-order valence-corrected chi connectivity index (χ4v) is 10.5. The maximum atomic E-state index is 14.8. The first kappa shape index (κ1) is 38.8. The zero-order valence-corrected chi connectivity index (χ0v) is 34.0. The van der Waals surface area contributed by atoms with E-state index >= 15 is 0 Å². The minimum absolute atomic E-state index is 0.0252. The summed E-state index contributed by atoms with van der Waals surface area (Å²) in [5.74, 6) is -2.62. The molecule has 4 amide bonds. The third-order valence-corrected chi connectivity index (χ3v) is 14.5. The Morgan fingerprint density at radius 2 is 1.76 bits per heavy atom. The number of ether oxygens (including phenoxy) is 1. The highest BCUT2D eigenvalue weighted by Crippen LogP contribution is 2.46. The SMILES string of the molecule is Cn1ccc(C(=O)N[C@H]2CCCCC/C=C\[C@@H]3C[C@@]3(C(=O)NS(=O)(=O)C3CC3)NC(=O)[C@@H]3C[C@@H](Oc4nc5ccccc5nc4-c4cc5ccccc5s4)CN3C2=O)n1. The number of sulfonamides is 1. The first-order chi connectivity index (χ1) is 28.5. The molecule has 5 atom stereocenters. The van der Waals surface area contributed by atoms with Gasteiger partial charge in [0.2, 0.25) is 27.7 Å². The summed E-state index contributed by atoms with van der Waals surface area (Å²) in [6.07, 6.45) is 9.06. The van der Waals surface area contributed by atoms with Gasteiger partial charge in [0.1, 0.15) is 35.1 Å². The quantitative estimate of drug-likeness (QED) is 0.189. The van der Waals surface area contributed by atoms with Crippen molar-refractivity contribution in [1.29, 1.82) is 0 Å². The van der Waals surface area contributed by atoms with Crippen molar-refractivity contribution in [2.45, 2.75) is 86.8 Å². The average molecular weight is 837 g/mol. The van der Waals surface area contributed by atoms with Crippen LogP contribution in [0, 0.1) is 5.92 Å². The molecule has 17 heteroatoms. The minimum atomic E-state index is -3.91. The molecule has 2 aliphatic carbocycles. The van der Waals surface area contributed by atoms with Crippen LogP contribution in [0.5, 0.6) is 5.88 Å². The number of amides is 4. The molecule has 0 unspecified atom stereocenters. The molecule has 0 bridgehead atoms. The lowest BCUT2D eigenvalue weighted by atomic mass is 10.0. The standard InChI is InChI=1S/C42H44N8O7S2/c1-49-20-19-31(47-49)37(51)44-32-15-6-4-2-3-5-12-26-23-42(26,41(54)48-59(55,56)28-17-18-28)46-38(52)33-22-27(24-50(33)40(32)53)57-39-36(43-29-13-8-9-14-30(29)45-39)35-21-25-11-7-10-16-34(25)58-35/h5,7-14,16,19-21,26-28,32-33H,2-4,6,15,17-18,22-24H2,1H3,(H,44,51)(H,46,52)(H,48,54)/b12-5-/t26-,27-,32+,33+,42-/m1/s1. The largest absolute Gasteiger partial charge is 0.471 e. The molecule has 3 aromatic heterocycles. The summed E-state index contributed by atoms with van der Waals surface area (Å²) in [6, 6.07) is 16.9. The second-order valence-corrected chi connectivity index (χ2v) is 19.0. The van der Waals surface area contributed by atoms with Crippen molar-refractivity contribution in [2.75, 3.05) is 6.54 Å². The molecule has 2 saturated carbocycles. The fraction of sp³-hybridized carbons (Fsp3) is 0.405. The summed E-state index contributed by atoms with van der Waals surface area (Å²) in [5.41, 5.74) is 0.427. The van der Waals surface area contributed by atoms with Crippen molar-refractivity contribution in [3.05, 3.63) is 84.7 Å². The van der Waals surface area contributed by atoms with Crippen LogP contribution < -0.4 is 20.1 Å². The summed E-state index contributed by atoms with van der Waals surface area (Å²) in [7, 11) is -2.22. The number of nitrogens with zero attached hydrogens (tertiary/aromatic N) is 5. The number of rotatable bonds is 8. The van der Waals surface area contributed by atoms with Gasteiger partial charge in [-0.2, -0.15) is 5.10 Å². The lowest BCUT2D eigenvalue weighted by Gasteiger charge is -2.29. The normalized spacial score (nSPS) is 25.6. The number of carbonyl (C=O) groups excluding carboxylic acids is 4. The molecule has 1 saturated heterocycles. The summed E-state index contributed by atoms with van der Waals surface area (Å²) >= 11 is 1.55. The molecule has 306 valence electrons. The molecule has 3 N–H and O–H groups in total. The predicted octanol–water partition coefficient (Wildman–Crippen LogP) is 4.40. The first-order valence-electron chi connectivity index (χ1n) is 20.1. The molecule has 0 radical (unpaired) electrons. The number of thiophene rings is 1. The number of hydrogen-bond donors (Lipinski definition) is 3. The summed E-state index contributed by atoms with van der Waals surface area (Å²) < 4.78 is 37.4. The smallest absolute Gasteiger partial charge is 0.272 e. The van der Waals surface area contributed by atoms with Gasteiger partial charge >= 0.3 is 0 Å². The molecule has 4 aliphatic rings. The topological polar surface area (TPSA) is 195 Å². The summed E-state index contributed by atoms with van der Waals surface area (Å²) in [6.45, 7) is -0.0359. The fourth-order valence-electron chi connectivity index (χ4n) is 8.10. The molecule has 5 heterocycles. The highest BCUT2D eigenvalue weighted by Gasteiger charge is 2.62. The Labute approximate surface area is 344 Å². The molecular weight excluding hydrogens is 793 g/mol. The van der Waals surface area contributed by atoms with E-state index in [0.29, 0.717) is 48.8 Å². The number of aromatic nitrogens is 4. The number of hydrogen-bond acceptors (Lipinski definition) is 11. The second-order valence-electron chi connectivity index (χ2n) is 15.9. The first-order valence-corrected chi connectivity index (χ1v) is 22.4. The van der Waals surface area contributed by atoms with E-state index in [2.05, 4.69) is 20.5 Å². The van der Waals surface area contributed by atoms with Gasteiger partial charge in [0.25, 0.3) is 11.8 Å². The number of nitrogens with one attached hydrogen (secondary N) is 3.